The molecule has 2 saturated heterocycles. The average molecular weight is 793 g/mol. The molecule has 2 heterocycles. The van der Waals surface area contributed by atoms with E-state index in [0.717, 1.165) is 129 Å². The zero-order valence-corrected chi connectivity index (χ0v) is 34.3. The number of aliphatic hydroxyl groups is 10. The lowest BCUT2D eigenvalue weighted by molar-refractivity contribution is -0.131. The Bertz CT molecular complexity index is 594. The number of ether oxygens (including phenoxy) is 3. The van der Waals surface area contributed by atoms with Crippen LogP contribution in [0, 0.1) is 0 Å². The van der Waals surface area contributed by atoms with Crippen molar-refractivity contribution in [1.29, 1.82) is 0 Å². The number of carbonyl (C=O) groups is 1. The molecule has 0 spiro atoms. The number of carboxylic acids is 1. The molecule has 0 radical (unpaired) electrons. The van der Waals surface area contributed by atoms with Gasteiger partial charge in [0.25, 0.3) is 0 Å². The Balaban J connectivity index is -0.000000174. The summed E-state index contributed by atoms with van der Waals surface area (Å²) in [6.45, 7) is 16.7. The Morgan fingerprint density at radius 2 is 0.704 bits per heavy atom. The van der Waals surface area contributed by atoms with Crippen LogP contribution >= 0.6 is 0 Å². The van der Waals surface area contributed by atoms with Crippen molar-refractivity contribution in [3.05, 3.63) is 12.7 Å². The molecule has 2 aliphatic heterocycles. The van der Waals surface area contributed by atoms with Gasteiger partial charge in [0.1, 0.15) is 12.2 Å². The van der Waals surface area contributed by atoms with E-state index in [1.54, 1.807) is 0 Å². The van der Waals surface area contributed by atoms with Crippen molar-refractivity contribution in [2.75, 3.05) is 26.4 Å². The van der Waals surface area contributed by atoms with Gasteiger partial charge in [-0.05, 0) is 64.2 Å². The van der Waals surface area contributed by atoms with Gasteiger partial charge in [-0.15, -0.1) is 0 Å². The lowest BCUT2D eigenvalue weighted by atomic mass is 10.2. The monoisotopic (exact) mass is 793 g/mol. The van der Waals surface area contributed by atoms with Crippen molar-refractivity contribution in [3.8, 4) is 0 Å². The maximum Gasteiger partial charge on any atom is 0.327 e. The van der Waals surface area contributed by atoms with Crippen LogP contribution in [0.3, 0.4) is 0 Å². The van der Waals surface area contributed by atoms with Gasteiger partial charge in [-0.3, -0.25) is 0 Å². The van der Waals surface area contributed by atoms with Crippen LogP contribution in [-0.4, -0.2) is 132 Å². The zero-order valence-electron chi connectivity index (χ0n) is 34.3. The smallest absolute Gasteiger partial charge is 0.327 e. The summed E-state index contributed by atoms with van der Waals surface area (Å²) in [5.74, 6) is -0.981. The number of rotatable bonds is 25. The van der Waals surface area contributed by atoms with Crippen LogP contribution < -0.4 is 0 Å². The number of carboxylic acid groups (broad SMARTS) is 1. The van der Waals surface area contributed by atoms with Crippen molar-refractivity contribution < 1.29 is 75.2 Å². The van der Waals surface area contributed by atoms with Gasteiger partial charge < -0.3 is 70.4 Å². The molecule has 2 fully saturated rings. The van der Waals surface area contributed by atoms with Gasteiger partial charge in [-0.1, -0.05) is 105 Å². The van der Waals surface area contributed by atoms with Crippen LogP contribution in [0.2, 0.25) is 0 Å². The van der Waals surface area contributed by atoms with Gasteiger partial charge in [0.05, 0.1) is 26.4 Å². The van der Waals surface area contributed by atoms with Crippen LogP contribution in [0.5, 0.6) is 0 Å². The molecule has 0 amide bonds. The largest absolute Gasteiger partial charge is 0.478 e. The van der Waals surface area contributed by atoms with Crippen molar-refractivity contribution in [1.82, 2.24) is 0 Å². The molecule has 15 nitrogen and oxygen atoms in total. The first-order valence-corrected chi connectivity index (χ1v) is 20.0. The number of aliphatic hydroxyl groups excluding tert-OH is 5. The highest BCUT2D eigenvalue weighted by molar-refractivity contribution is 5.78. The van der Waals surface area contributed by atoms with E-state index in [1.165, 1.54) is 0 Å². The summed E-state index contributed by atoms with van der Waals surface area (Å²) in [5, 5.41) is 90.9. The molecule has 15 heteroatoms. The van der Waals surface area contributed by atoms with E-state index in [0.29, 0.717) is 44.3 Å². The lowest BCUT2D eigenvalue weighted by Crippen LogP contribution is -2.06. The van der Waals surface area contributed by atoms with Gasteiger partial charge >= 0.3 is 5.97 Å². The highest BCUT2D eigenvalue weighted by Gasteiger charge is 2.26. The number of hydrogen-bond acceptors (Lipinski definition) is 14. The van der Waals surface area contributed by atoms with E-state index >= 15 is 0 Å². The third-order valence-electron chi connectivity index (χ3n) is 6.92. The summed E-state index contributed by atoms with van der Waals surface area (Å²) in [7, 11) is 0. The molecule has 54 heavy (non-hydrogen) atoms. The van der Waals surface area contributed by atoms with E-state index in [-0.39, 0.29) is 0 Å². The molecule has 0 aromatic heterocycles. The summed E-state index contributed by atoms with van der Waals surface area (Å²) in [6.07, 6.45) is 14.5. The minimum atomic E-state index is -1.10. The molecule has 2 atom stereocenters. The molecule has 0 saturated carbocycles. The third kappa shape index (κ3) is 88.1. The Morgan fingerprint density at radius 3 is 0.815 bits per heavy atom. The van der Waals surface area contributed by atoms with E-state index in [4.69, 9.17) is 70.4 Å². The van der Waals surface area contributed by atoms with Gasteiger partial charge in [0.2, 0.25) is 0 Å². The van der Waals surface area contributed by atoms with E-state index in [1.807, 2.05) is 0 Å². The second-order valence-corrected chi connectivity index (χ2v) is 12.9. The normalized spacial score (nSPS) is 14.8. The summed E-state index contributed by atoms with van der Waals surface area (Å²) in [4.78, 5) is 9.25. The maximum absolute atomic E-state index is 9.25. The molecule has 11 N–H and O–H groups in total. The van der Waals surface area contributed by atoms with Crippen LogP contribution in [0.25, 0.3) is 0 Å². The molecule has 2 unspecified atom stereocenters. The minimum Gasteiger partial charge on any atom is -0.478 e. The molecule has 2 aliphatic rings. The predicted octanol–water partition coefficient (Wildman–Crippen LogP) is 4.44. The third-order valence-corrected chi connectivity index (χ3v) is 6.92. The lowest BCUT2D eigenvalue weighted by Gasteiger charge is -1.99. The molecular formula is C39H84O15. The Morgan fingerprint density at radius 1 is 0.519 bits per heavy atom. The molecule has 0 aromatic carbocycles. The second-order valence-electron chi connectivity index (χ2n) is 12.9. The number of unbranched alkanes of at least 4 members (excludes halogenated alkanes) is 10. The first-order valence-electron chi connectivity index (χ1n) is 20.0. The summed E-state index contributed by atoms with van der Waals surface area (Å²) in [6, 6.07) is 0. The highest BCUT2D eigenvalue weighted by Crippen LogP contribution is 2.12. The molecular weight excluding hydrogens is 708 g/mol. The van der Waals surface area contributed by atoms with Crippen molar-refractivity contribution in [3.63, 3.8) is 0 Å². The first-order chi connectivity index (χ1) is 25.6. The topological polar surface area (TPSA) is 274 Å². The van der Waals surface area contributed by atoms with Crippen LogP contribution in [-0.2, 0) is 19.0 Å². The minimum absolute atomic E-state index is 0.392. The molecule has 0 aromatic rings. The summed E-state index contributed by atoms with van der Waals surface area (Å²) in [5.41, 5.74) is 0. The molecule has 0 aliphatic carbocycles. The number of aliphatic carboxylic acids is 1. The predicted molar refractivity (Wildman–Crippen MR) is 210 cm³/mol. The molecule has 0 bridgehead atoms. The fourth-order valence-corrected chi connectivity index (χ4v) is 3.54. The SMILES string of the molecule is C(OCC1CO1)C1CO1.C=CC(=O)O.CCCCCC(O)O.CCCCCC(O)O.CCCCCC(O)O.CCCCCC(O)O.CCCCCC(O)O. The maximum atomic E-state index is 9.25. The van der Waals surface area contributed by atoms with Gasteiger partial charge in [-0.25, -0.2) is 4.79 Å². The number of epoxide rings is 2. The Hall–Kier alpha value is -1.31. The summed E-state index contributed by atoms with van der Waals surface area (Å²) < 4.78 is 15.1. The highest BCUT2D eigenvalue weighted by atomic mass is 16.6. The van der Waals surface area contributed by atoms with Crippen molar-refractivity contribution >= 4 is 5.97 Å². The zero-order chi connectivity index (χ0) is 42.4. The van der Waals surface area contributed by atoms with E-state index in [9.17, 15) is 4.79 Å². The van der Waals surface area contributed by atoms with Gasteiger partial charge in [0, 0.05) is 6.08 Å². The van der Waals surface area contributed by atoms with Crippen LogP contribution in [0.1, 0.15) is 163 Å². The van der Waals surface area contributed by atoms with Crippen molar-refractivity contribution in [2.24, 2.45) is 0 Å². The van der Waals surface area contributed by atoms with E-state index < -0.39 is 37.4 Å². The number of hydrogen-bond donors (Lipinski definition) is 11. The van der Waals surface area contributed by atoms with Gasteiger partial charge in [-0.2, -0.15) is 0 Å². The van der Waals surface area contributed by atoms with Gasteiger partial charge in [0.15, 0.2) is 31.5 Å². The van der Waals surface area contributed by atoms with E-state index in [2.05, 4.69) is 41.2 Å². The Labute approximate surface area is 326 Å². The summed E-state index contributed by atoms with van der Waals surface area (Å²) >= 11 is 0. The average Bonchev–Trinajstić information content (AvgIpc) is 4.04. The molecule has 330 valence electrons. The van der Waals surface area contributed by atoms with Crippen molar-refractivity contribution in [2.45, 2.75) is 207 Å². The quantitative estimate of drug-likeness (QED) is 0.0264. The fraction of sp³-hybridized carbons (Fsp3) is 0.923. The standard InChI is InChI=1S/C6H10O3.5C6H14O2.C3H4O2/c1(5-3-8-5)7-2-6-4-9-6;5*1-2-3-4-5-6(7)8;1-2-3(4)5/h5-6H,1-4H2;5*6-8H,2-5H2,1H3;2H,1H2,(H,4,5). The van der Waals surface area contributed by atoms with Crippen LogP contribution in [0.4, 0.5) is 0 Å². The first kappa shape index (κ1) is 61.9. The molecule has 2 rings (SSSR count). The van der Waals surface area contributed by atoms with Crippen LogP contribution in [0.15, 0.2) is 12.7 Å². The second kappa shape index (κ2) is 51.7. The fourth-order valence-electron chi connectivity index (χ4n) is 3.54. The Kier molecular flexibility index (Phi) is 59.3.